The summed E-state index contributed by atoms with van der Waals surface area (Å²) in [6.45, 7) is 4.16. The van der Waals surface area contributed by atoms with E-state index in [1.807, 2.05) is 35.0 Å². The summed E-state index contributed by atoms with van der Waals surface area (Å²) in [6.07, 6.45) is 4.64. The fraction of sp³-hybridized carbons (Fsp3) is 0.385. The number of H-pyrrole nitrogens is 1. The van der Waals surface area contributed by atoms with Crippen LogP contribution in [0, 0.1) is 6.92 Å². The molecule has 3 heterocycles. The first-order valence-corrected chi connectivity index (χ1v) is 12.2. The lowest BCUT2D eigenvalue weighted by atomic mass is 10.1. The summed E-state index contributed by atoms with van der Waals surface area (Å²) < 4.78 is 13.1. The van der Waals surface area contributed by atoms with Gasteiger partial charge < -0.3 is 19.4 Å². The van der Waals surface area contributed by atoms with E-state index in [0.717, 1.165) is 57.8 Å². The van der Waals surface area contributed by atoms with Gasteiger partial charge in [0.15, 0.2) is 11.5 Å². The molecule has 35 heavy (non-hydrogen) atoms. The van der Waals surface area contributed by atoms with Gasteiger partial charge in [0, 0.05) is 11.1 Å². The van der Waals surface area contributed by atoms with Crippen molar-refractivity contribution in [2.75, 3.05) is 6.79 Å². The van der Waals surface area contributed by atoms with Gasteiger partial charge in [-0.1, -0.05) is 24.5 Å². The molecule has 4 aromatic rings. The van der Waals surface area contributed by atoms with Gasteiger partial charge in [0.05, 0.1) is 11.6 Å². The van der Waals surface area contributed by atoms with Crippen molar-refractivity contribution < 1.29 is 14.4 Å². The van der Waals surface area contributed by atoms with Crippen molar-refractivity contribution in [3.05, 3.63) is 75.3 Å². The number of hydrogen-bond acceptors (Lipinski definition) is 6. The van der Waals surface area contributed by atoms with Crippen LogP contribution < -0.4 is 19.9 Å². The zero-order valence-corrected chi connectivity index (χ0v) is 19.8. The van der Waals surface area contributed by atoms with Crippen molar-refractivity contribution >= 4 is 10.9 Å². The van der Waals surface area contributed by atoms with E-state index in [2.05, 4.69) is 39.6 Å². The standard InChI is InChI=1S/C26H28N6O3/c1-17-6-8-22-19(10-17)12-20(26(33)27-22)14-31(13-18-7-9-23-24(11-18)35-16-34-23)15-25-28-29-30-32(25)21-4-2-3-5-21/h6-12,21H,2-5,13-16H2,1H3,(H,27,33)/p+1. The molecule has 2 aromatic carbocycles. The van der Waals surface area contributed by atoms with Crippen LogP contribution in [0.2, 0.25) is 0 Å². The van der Waals surface area contributed by atoms with Gasteiger partial charge in [-0.3, -0.25) is 4.79 Å². The third-order valence-electron chi connectivity index (χ3n) is 7.05. The van der Waals surface area contributed by atoms with Crippen LogP contribution in [0.3, 0.4) is 0 Å². The molecule has 9 nitrogen and oxygen atoms in total. The second-order valence-corrected chi connectivity index (χ2v) is 9.66. The Balaban J connectivity index is 1.32. The van der Waals surface area contributed by atoms with Crippen molar-refractivity contribution in [1.82, 2.24) is 25.2 Å². The number of benzene rings is 2. The molecule has 1 fully saturated rings. The quantitative estimate of drug-likeness (QED) is 0.428. The van der Waals surface area contributed by atoms with Crippen molar-refractivity contribution in [1.29, 1.82) is 0 Å². The van der Waals surface area contributed by atoms with E-state index in [-0.39, 0.29) is 12.4 Å². The summed E-state index contributed by atoms with van der Waals surface area (Å²) in [4.78, 5) is 17.2. The van der Waals surface area contributed by atoms with E-state index in [4.69, 9.17) is 9.47 Å². The Bertz CT molecular complexity index is 1420. The van der Waals surface area contributed by atoms with Gasteiger partial charge in [-0.25, -0.2) is 4.68 Å². The van der Waals surface area contributed by atoms with Crippen molar-refractivity contribution in [2.24, 2.45) is 0 Å². The molecular weight excluding hydrogens is 444 g/mol. The molecule has 1 saturated carbocycles. The molecule has 1 aliphatic carbocycles. The van der Waals surface area contributed by atoms with Gasteiger partial charge in [-0.15, -0.1) is 5.10 Å². The highest BCUT2D eigenvalue weighted by molar-refractivity contribution is 5.79. The minimum absolute atomic E-state index is 0.0556. The molecule has 180 valence electrons. The number of nitrogens with one attached hydrogen (secondary N) is 2. The van der Waals surface area contributed by atoms with Crippen molar-refractivity contribution in [3.63, 3.8) is 0 Å². The first-order chi connectivity index (χ1) is 17.1. The maximum atomic E-state index is 13.0. The SMILES string of the molecule is Cc1ccc2[nH]c(=O)c(C[NH+](Cc3ccc4c(c3)OCO4)Cc3nnnn3C3CCCC3)cc2c1. The molecule has 0 saturated heterocycles. The number of hydrogen-bond donors (Lipinski definition) is 2. The molecule has 1 atom stereocenters. The van der Waals surface area contributed by atoms with Gasteiger partial charge in [0.1, 0.15) is 19.6 Å². The number of aryl methyl sites for hydroxylation is 1. The number of nitrogens with zero attached hydrogens (tertiary/aromatic N) is 4. The monoisotopic (exact) mass is 473 g/mol. The first-order valence-electron chi connectivity index (χ1n) is 12.2. The molecule has 6 rings (SSSR count). The van der Waals surface area contributed by atoms with Gasteiger partial charge >= 0.3 is 0 Å². The topological polar surface area (TPSA) is 99.4 Å². The van der Waals surface area contributed by atoms with E-state index in [1.54, 1.807) is 0 Å². The average Bonchev–Trinajstić information content (AvgIpc) is 3.61. The van der Waals surface area contributed by atoms with Gasteiger partial charge in [0.25, 0.3) is 5.56 Å². The van der Waals surface area contributed by atoms with Crippen LogP contribution in [0.15, 0.2) is 47.3 Å². The zero-order valence-electron chi connectivity index (χ0n) is 19.8. The summed E-state index contributed by atoms with van der Waals surface area (Å²) in [7, 11) is 0. The number of ether oxygens (including phenoxy) is 2. The largest absolute Gasteiger partial charge is 0.454 e. The van der Waals surface area contributed by atoms with E-state index in [1.165, 1.54) is 17.7 Å². The Hall–Kier alpha value is -3.72. The molecule has 1 unspecified atom stereocenters. The fourth-order valence-corrected chi connectivity index (χ4v) is 5.28. The lowest BCUT2D eigenvalue weighted by Crippen LogP contribution is -3.08. The predicted molar refractivity (Wildman–Crippen MR) is 129 cm³/mol. The smallest absolute Gasteiger partial charge is 0.257 e. The molecule has 2 aliphatic rings. The molecule has 0 radical (unpaired) electrons. The minimum Gasteiger partial charge on any atom is -0.454 e. The van der Waals surface area contributed by atoms with Gasteiger partial charge in [-0.05, 0) is 72.0 Å². The van der Waals surface area contributed by atoms with Crippen LogP contribution in [0.25, 0.3) is 10.9 Å². The second-order valence-electron chi connectivity index (χ2n) is 9.66. The van der Waals surface area contributed by atoms with Gasteiger partial charge in [0.2, 0.25) is 12.6 Å². The van der Waals surface area contributed by atoms with E-state index in [9.17, 15) is 4.79 Å². The molecule has 0 bridgehead atoms. The summed E-state index contributed by atoms with van der Waals surface area (Å²) in [5, 5.41) is 13.7. The van der Waals surface area contributed by atoms with E-state index < -0.39 is 0 Å². The normalized spacial score (nSPS) is 16.3. The van der Waals surface area contributed by atoms with Crippen LogP contribution in [-0.2, 0) is 19.6 Å². The maximum absolute atomic E-state index is 13.0. The number of fused-ring (bicyclic) bond motifs is 2. The number of rotatable bonds is 7. The molecule has 0 spiro atoms. The Kier molecular flexibility index (Phi) is 5.69. The summed E-state index contributed by atoms with van der Waals surface area (Å²) >= 11 is 0. The van der Waals surface area contributed by atoms with E-state index >= 15 is 0 Å². The lowest BCUT2D eigenvalue weighted by molar-refractivity contribution is -0.942. The molecular formula is C26H29N6O3+. The predicted octanol–water partition coefficient (Wildman–Crippen LogP) is 2.45. The van der Waals surface area contributed by atoms with Crippen LogP contribution in [-0.4, -0.2) is 32.0 Å². The Labute approximate surface area is 202 Å². The summed E-state index contributed by atoms with van der Waals surface area (Å²) in [5.41, 5.74) is 3.82. The molecule has 2 N–H and O–H groups in total. The van der Waals surface area contributed by atoms with Crippen molar-refractivity contribution in [2.45, 2.75) is 58.3 Å². The highest BCUT2D eigenvalue weighted by Gasteiger charge is 2.25. The maximum Gasteiger partial charge on any atom is 0.257 e. The number of aromatic amines is 1. The minimum atomic E-state index is -0.0556. The van der Waals surface area contributed by atoms with Gasteiger partial charge in [-0.2, -0.15) is 0 Å². The molecule has 1 aliphatic heterocycles. The number of pyridine rings is 1. The van der Waals surface area contributed by atoms with Crippen LogP contribution >= 0.6 is 0 Å². The number of aromatic nitrogens is 5. The first kappa shape index (κ1) is 21.8. The van der Waals surface area contributed by atoms with Crippen LogP contribution in [0.1, 0.15) is 54.2 Å². The molecule has 2 aromatic heterocycles. The lowest BCUT2D eigenvalue weighted by Gasteiger charge is -2.20. The fourth-order valence-electron chi connectivity index (χ4n) is 5.28. The average molecular weight is 474 g/mol. The second kappa shape index (κ2) is 9.14. The Morgan fingerprint density at radius 2 is 1.89 bits per heavy atom. The number of quaternary nitrogens is 1. The summed E-state index contributed by atoms with van der Waals surface area (Å²) in [5.74, 6) is 2.39. The van der Waals surface area contributed by atoms with E-state index in [0.29, 0.717) is 25.7 Å². The highest BCUT2D eigenvalue weighted by atomic mass is 16.7. The highest BCUT2D eigenvalue weighted by Crippen LogP contribution is 2.32. The van der Waals surface area contributed by atoms with Crippen LogP contribution in [0.4, 0.5) is 0 Å². The molecule has 9 heteroatoms. The number of tetrazole rings is 1. The Morgan fingerprint density at radius 1 is 1.03 bits per heavy atom. The molecule has 0 amide bonds. The third-order valence-corrected chi connectivity index (χ3v) is 7.05. The van der Waals surface area contributed by atoms with Crippen LogP contribution in [0.5, 0.6) is 11.5 Å². The summed E-state index contributed by atoms with van der Waals surface area (Å²) in [6, 6.07) is 14.5. The third kappa shape index (κ3) is 4.51. The zero-order chi connectivity index (χ0) is 23.8. The van der Waals surface area contributed by atoms with Crippen molar-refractivity contribution in [3.8, 4) is 11.5 Å². The Morgan fingerprint density at radius 3 is 2.77 bits per heavy atom.